The van der Waals surface area contributed by atoms with Gasteiger partial charge in [0.05, 0.1) is 6.10 Å². The van der Waals surface area contributed by atoms with E-state index in [4.69, 9.17) is 4.74 Å². The van der Waals surface area contributed by atoms with Crippen LogP contribution < -0.4 is 5.32 Å². The highest BCUT2D eigenvalue weighted by atomic mass is 19.4. The summed E-state index contributed by atoms with van der Waals surface area (Å²) < 4.78 is 41.5. The van der Waals surface area contributed by atoms with Crippen LogP contribution in [0.3, 0.4) is 0 Å². The minimum absolute atomic E-state index is 0.354. The third kappa shape index (κ3) is 9.41. The first-order chi connectivity index (χ1) is 7.73. The molecule has 5 heteroatoms. The lowest BCUT2D eigenvalue weighted by Gasteiger charge is -2.21. The third-order valence-corrected chi connectivity index (χ3v) is 2.41. The van der Waals surface area contributed by atoms with E-state index in [1.54, 1.807) is 6.92 Å². The van der Waals surface area contributed by atoms with Gasteiger partial charge in [0.1, 0.15) is 0 Å². The Bertz CT molecular complexity index is 195. The normalized spacial score (nSPS) is 16.2. The van der Waals surface area contributed by atoms with Gasteiger partial charge in [-0.15, -0.1) is 0 Å². The van der Waals surface area contributed by atoms with Gasteiger partial charge in [-0.05, 0) is 45.7 Å². The molecule has 1 N–H and O–H groups in total. The lowest BCUT2D eigenvalue weighted by molar-refractivity contribution is -0.225. The van der Waals surface area contributed by atoms with Gasteiger partial charge in [0.25, 0.3) is 0 Å². The number of rotatable bonds is 8. The van der Waals surface area contributed by atoms with Crippen LogP contribution in [0.4, 0.5) is 13.2 Å². The average molecular weight is 255 g/mol. The highest BCUT2D eigenvalue weighted by molar-refractivity contribution is 4.64. The molecule has 0 aliphatic heterocycles. The van der Waals surface area contributed by atoms with Crippen molar-refractivity contribution < 1.29 is 17.9 Å². The standard InChI is InChI=1S/C12H24F3NO/c1-9(2)8-16-7-5-6-10(3)17-11(4)12(13,14)15/h9-11,16H,5-8H2,1-4H3. The Morgan fingerprint density at radius 2 is 1.71 bits per heavy atom. The Hall–Kier alpha value is -0.290. The molecule has 2 atom stereocenters. The Morgan fingerprint density at radius 1 is 1.12 bits per heavy atom. The smallest absolute Gasteiger partial charge is 0.366 e. The molecular weight excluding hydrogens is 231 g/mol. The van der Waals surface area contributed by atoms with Gasteiger partial charge < -0.3 is 10.1 Å². The van der Waals surface area contributed by atoms with Crippen molar-refractivity contribution in [3.63, 3.8) is 0 Å². The molecule has 0 bridgehead atoms. The van der Waals surface area contributed by atoms with Crippen LogP contribution in [-0.4, -0.2) is 31.5 Å². The number of hydrogen-bond donors (Lipinski definition) is 1. The van der Waals surface area contributed by atoms with Crippen molar-refractivity contribution in [2.24, 2.45) is 5.92 Å². The molecule has 0 aromatic heterocycles. The summed E-state index contributed by atoms with van der Waals surface area (Å²) in [6.45, 7) is 8.73. The topological polar surface area (TPSA) is 21.3 Å². The minimum Gasteiger partial charge on any atom is -0.366 e. The highest BCUT2D eigenvalue weighted by Gasteiger charge is 2.37. The zero-order chi connectivity index (χ0) is 13.5. The average Bonchev–Trinajstić information content (AvgIpc) is 2.15. The predicted molar refractivity (Wildman–Crippen MR) is 63.0 cm³/mol. The van der Waals surface area contributed by atoms with Crippen LogP contribution in [0.15, 0.2) is 0 Å². The van der Waals surface area contributed by atoms with Gasteiger partial charge in [-0.2, -0.15) is 13.2 Å². The third-order valence-electron chi connectivity index (χ3n) is 2.41. The number of alkyl halides is 3. The Kier molecular flexibility index (Phi) is 7.79. The molecule has 0 aliphatic carbocycles. The minimum atomic E-state index is -4.26. The van der Waals surface area contributed by atoms with E-state index >= 15 is 0 Å². The van der Waals surface area contributed by atoms with Crippen LogP contribution in [0.1, 0.15) is 40.5 Å². The van der Waals surface area contributed by atoms with Gasteiger partial charge in [-0.1, -0.05) is 13.8 Å². The van der Waals surface area contributed by atoms with Gasteiger partial charge in [0.15, 0.2) is 6.10 Å². The monoisotopic (exact) mass is 255 g/mol. The van der Waals surface area contributed by atoms with Crippen molar-refractivity contribution in [2.75, 3.05) is 13.1 Å². The fourth-order valence-corrected chi connectivity index (χ4v) is 1.40. The first-order valence-electron chi connectivity index (χ1n) is 6.16. The van der Waals surface area contributed by atoms with Gasteiger partial charge in [0, 0.05) is 0 Å². The second kappa shape index (κ2) is 7.93. The van der Waals surface area contributed by atoms with E-state index < -0.39 is 12.3 Å². The number of hydrogen-bond acceptors (Lipinski definition) is 2. The molecule has 17 heavy (non-hydrogen) atoms. The van der Waals surface area contributed by atoms with E-state index in [1.165, 1.54) is 0 Å². The first kappa shape index (κ1) is 16.7. The van der Waals surface area contributed by atoms with Crippen LogP contribution in [0.25, 0.3) is 0 Å². The molecule has 0 aromatic rings. The van der Waals surface area contributed by atoms with Crippen LogP contribution in [-0.2, 0) is 4.74 Å². The van der Waals surface area contributed by atoms with E-state index in [-0.39, 0.29) is 6.10 Å². The summed E-state index contributed by atoms with van der Waals surface area (Å²) in [7, 11) is 0. The second-order valence-electron chi connectivity index (χ2n) is 4.87. The molecule has 0 saturated heterocycles. The van der Waals surface area contributed by atoms with Crippen molar-refractivity contribution >= 4 is 0 Å². The largest absolute Gasteiger partial charge is 0.414 e. The molecule has 0 radical (unpaired) electrons. The predicted octanol–water partition coefficient (Wildman–Crippen LogP) is 3.37. The maximum Gasteiger partial charge on any atom is 0.414 e. The van der Waals surface area contributed by atoms with Crippen LogP contribution in [0.5, 0.6) is 0 Å². The zero-order valence-corrected chi connectivity index (χ0v) is 11.1. The fourth-order valence-electron chi connectivity index (χ4n) is 1.40. The molecule has 0 heterocycles. The highest BCUT2D eigenvalue weighted by Crippen LogP contribution is 2.24. The summed E-state index contributed by atoms with van der Waals surface area (Å²) in [5.41, 5.74) is 0. The number of nitrogens with one attached hydrogen (secondary N) is 1. The molecular formula is C12H24F3NO. The SMILES string of the molecule is CC(C)CNCCCC(C)OC(C)C(F)(F)F. The summed E-state index contributed by atoms with van der Waals surface area (Å²) in [5.74, 6) is 0.592. The summed E-state index contributed by atoms with van der Waals surface area (Å²) in [6.07, 6.45) is -4.82. The van der Waals surface area contributed by atoms with E-state index in [0.717, 1.165) is 26.4 Å². The van der Waals surface area contributed by atoms with E-state index in [1.807, 2.05) is 0 Å². The first-order valence-corrected chi connectivity index (χ1v) is 6.16. The molecule has 0 rings (SSSR count). The van der Waals surface area contributed by atoms with Crippen molar-refractivity contribution in [1.82, 2.24) is 5.32 Å². The van der Waals surface area contributed by atoms with Crippen LogP contribution in [0.2, 0.25) is 0 Å². The lowest BCUT2D eigenvalue weighted by Crippen LogP contribution is -2.32. The van der Waals surface area contributed by atoms with Crippen molar-refractivity contribution in [2.45, 2.75) is 58.9 Å². The molecule has 2 unspecified atom stereocenters. The van der Waals surface area contributed by atoms with Crippen molar-refractivity contribution in [1.29, 1.82) is 0 Å². The maximum atomic E-state index is 12.2. The second-order valence-corrected chi connectivity index (χ2v) is 4.87. The molecule has 0 spiro atoms. The maximum absolute atomic E-state index is 12.2. The van der Waals surface area contributed by atoms with Gasteiger partial charge >= 0.3 is 6.18 Å². The Labute approximate surface area is 102 Å². The molecule has 0 aliphatic rings. The number of ether oxygens (including phenoxy) is 1. The Balaban J connectivity index is 3.56. The van der Waals surface area contributed by atoms with Crippen LogP contribution in [0, 0.1) is 5.92 Å². The van der Waals surface area contributed by atoms with E-state index in [2.05, 4.69) is 19.2 Å². The quantitative estimate of drug-likeness (QED) is 0.671. The summed E-state index contributed by atoms with van der Waals surface area (Å²) in [6, 6.07) is 0. The summed E-state index contributed by atoms with van der Waals surface area (Å²) in [4.78, 5) is 0. The molecule has 0 aromatic carbocycles. The van der Waals surface area contributed by atoms with Gasteiger partial charge in [0.2, 0.25) is 0 Å². The molecule has 0 amide bonds. The molecule has 2 nitrogen and oxygen atoms in total. The molecule has 104 valence electrons. The molecule has 0 saturated carbocycles. The van der Waals surface area contributed by atoms with Crippen molar-refractivity contribution in [3.8, 4) is 0 Å². The van der Waals surface area contributed by atoms with Gasteiger partial charge in [-0.25, -0.2) is 0 Å². The summed E-state index contributed by atoms with van der Waals surface area (Å²) >= 11 is 0. The Morgan fingerprint density at radius 3 is 2.18 bits per heavy atom. The summed E-state index contributed by atoms with van der Waals surface area (Å²) in [5, 5.41) is 3.25. The van der Waals surface area contributed by atoms with Crippen LogP contribution >= 0.6 is 0 Å². The molecule has 0 fully saturated rings. The fraction of sp³-hybridized carbons (Fsp3) is 1.00. The van der Waals surface area contributed by atoms with E-state index in [9.17, 15) is 13.2 Å². The van der Waals surface area contributed by atoms with E-state index in [0.29, 0.717) is 12.3 Å². The number of halogens is 3. The van der Waals surface area contributed by atoms with Crippen molar-refractivity contribution in [3.05, 3.63) is 0 Å². The lowest BCUT2D eigenvalue weighted by atomic mass is 10.2. The van der Waals surface area contributed by atoms with Gasteiger partial charge in [-0.3, -0.25) is 0 Å². The zero-order valence-electron chi connectivity index (χ0n) is 11.1.